The number of hydrogen-bond donors (Lipinski definition) is 2. The van der Waals surface area contributed by atoms with Gasteiger partial charge in [0, 0.05) is 11.4 Å². The summed E-state index contributed by atoms with van der Waals surface area (Å²) in [6, 6.07) is 15.0. The Bertz CT molecular complexity index is 965. The second-order valence-electron chi connectivity index (χ2n) is 6.37. The molecule has 3 aromatic rings. The van der Waals surface area contributed by atoms with Gasteiger partial charge in [-0.3, -0.25) is 4.79 Å². The van der Waals surface area contributed by atoms with Crippen molar-refractivity contribution in [3.63, 3.8) is 0 Å². The zero-order valence-corrected chi connectivity index (χ0v) is 15.8. The van der Waals surface area contributed by atoms with Crippen LogP contribution >= 0.6 is 0 Å². The van der Waals surface area contributed by atoms with E-state index in [1.54, 1.807) is 25.3 Å². The predicted octanol–water partition coefficient (Wildman–Crippen LogP) is 4.41. The van der Waals surface area contributed by atoms with Crippen molar-refractivity contribution >= 4 is 23.2 Å². The van der Waals surface area contributed by atoms with E-state index in [4.69, 9.17) is 4.74 Å². The minimum absolute atomic E-state index is 0.278. The van der Waals surface area contributed by atoms with Crippen molar-refractivity contribution in [3.05, 3.63) is 71.0 Å². The SMILES string of the molecule is COc1ccccc1NC(=O)c1cc(C)nc(Nc2cc(C)cc(C)c2)n1. The molecule has 27 heavy (non-hydrogen) atoms. The van der Waals surface area contributed by atoms with Crippen LogP contribution in [0.15, 0.2) is 48.5 Å². The maximum Gasteiger partial charge on any atom is 0.274 e. The Morgan fingerprint density at radius 2 is 1.67 bits per heavy atom. The average Bonchev–Trinajstić information content (AvgIpc) is 2.60. The third-order valence-corrected chi connectivity index (χ3v) is 3.92. The van der Waals surface area contributed by atoms with Gasteiger partial charge in [-0.1, -0.05) is 18.2 Å². The quantitative estimate of drug-likeness (QED) is 0.703. The number of carbonyl (C=O) groups excluding carboxylic acids is 1. The fourth-order valence-electron chi connectivity index (χ4n) is 2.85. The van der Waals surface area contributed by atoms with Crippen LogP contribution in [0, 0.1) is 20.8 Å². The van der Waals surface area contributed by atoms with Crippen molar-refractivity contribution in [2.75, 3.05) is 17.7 Å². The lowest BCUT2D eigenvalue weighted by atomic mass is 10.1. The highest BCUT2D eigenvalue weighted by Gasteiger charge is 2.13. The predicted molar refractivity (Wildman–Crippen MR) is 107 cm³/mol. The first-order valence-corrected chi connectivity index (χ1v) is 8.60. The van der Waals surface area contributed by atoms with Crippen molar-refractivity contribution < 1.29 is 9.53 Å². The number of amides is 1. The number of carbonyl (C=O) groups is 1. The number of rotatable bonds is 5. The molecule has 0 aliphatic carbocycles. The second-order valence-corrected chi connectivity index (χ2v) is 6.37. The molecule has 1 heterocycles. The molecule has 0 aliphatic rings. The highest BCUT2D eigenvalue weighted by atomic mass is 16.5. The van der Waals surface area contributed by atoms with Crippen molar-refractivity contribution in [1.29, 1.82) is 0 Å². The molecule has 1 amide bonds. The molecule has 0 unspecified atom stereocenters. The third kappa shape index (κ3) is 4.61. The Morgan fingerprint density at radius 3 is 2.37 bits per heavy atom. The van der Waals surface area contributed by atoms with E-state index in [1.807, 2.05) is 45.0 Å². The molecular weight excluding hydrogens is 340 g/mol. The Hall–Kier alpha value is -3.41. The molecule has 0 saturated carbocycles. The van der Waals surface area contributed by atoms with E-state index < -0.39 is 0 Å². The molecule has 1 aromatic heterocycles. The molecule has 6 heteroatoms. The summed E-state index contributed by atoms with van der Waals surface area (Å²) in [7, 11) is 1.56. The maximum atomic E-state index is 12.7. The Kier molecular flexibility index (Phi) is 5.35. The van der Waals surface area contributed by atoms with Crippen LogP contribution < -0.4 is 15.4 Å². The molecule has 3 rings (SSSR count). The zero-order chi connectivity index (χ0) is 19.4. The largest absolute Gasteiger partial charge is 0.495 e. The molecule has 0 fully saturated rings. The number of hydrogen-bond acceptors (Lipinski definition) is 5. The summed E-state index contributed by atoms with van der Waals surface area (Å²) in [6.45, 7) is 5.89. The van der Waals surface area contributed by atoms with Gasteiger partial charge in [0.05, 0.1) is 12.8 Å². The number of nitrogens with zero attached hydrogens (tertiary/aromatic N) is 2. The molecule has 0 radical (unpaired) electrons. The topological polar surface area (TPSA) is 76.1 Å². The summed E-state index contributed by atoms with van der Waals surface area (Å²) in [5.74, 6) is 0.642. The Morgan fingerprint density at radius 1 is 0.963 bits per heavy atom. The Balaban J connectivity index is 1.85. The molecule has 0 atom stereocenters. The van der Waals surface area contributed by atoms with Crippen LogP contribution in [0.5, 0.6) is 5.75 Å². The molecule has 2 aromatic carbocycles. The lowest BCUT2D eigenvalue weighted by Gasteiger charge is -2.11. The van der Waals surface area contributed by atoms with E-state index >= 15 is 0 Å². The van der Waals surface area contributed by atoms with Gasteiger partial charge in [-0.15, -0.1) is 0 Å². The van der Waals surface area contributed by atoms with E-state index in [2.05, 4.69) is 26.7 Å². The number of methoxy groups -OCH3 is 1. The number of nitrogens with one attached hydrogen (secondary N) is 2. The monoisotopic (exact) mass is 362 g/mol. The summed E-state index contributed by atoms with van der Waals surface area (Å²) in [6.07, 6.45) is 0. The fraction of sp³-hybridized carbons (Fsp3) is 0.190. The highest BCUT2D eigenvalue weighted by molar-refractivity contribution is 6.03. The number of aromatic nitrogens is 2. The standard InChI is InChI=1S/C21H22N4O2/c1-13-9-14(2)11-16(10-13)23-21-22-15(3)12-18(25-21)20(26)24-17-7-5-6-8-19(17)27-4/h5-12H,1-4H3,(H,24,26)(H,22,23,25). The second kappa shape index (κ2) is 7.86. The van der Waals surface area contributed by atoms with E-state index in [0.29, 0.717) is 23.1 Å². The smallest absolute Gasteiger partial charge is 0.274 e. The van der Waals surface area contributed by atoms with Gasteiger partial charge in [-0.05, 0) is 62.2 Å². The van der Waals surface area contributed by atoms with E-state index in [-0.39, 0.29) is 11.6 Å². The van der Waals surface area contributed by atoms with Crippen LogP contribution in [0.4, 0.5) is 17.3 Å². The van der Waals surface area contributed by atoms with E-state index in [9.17, 15) is 4.79 Å². The molecule has 0 spiro atoms. The van der Waals surface area contributed by atoms with Crippen molar-refractivity contribution in [2.24, 2.45) is 0 Å². The third-order valence-electron chi connectivity index (χ3n) is 3.92. The van der Waals surface area contributed by atoms with Crippen LogP contribution in [0.2, 0.25) is 0 Å². The number of aryl methyl sites for hydroxylation is 3. The van der Waals surface area contributed by atoms with Gasteiger partial charge in [0.2, 0.25) is 5.95 Å². The summed E-state index contributed by atoms with van der Waals surface area (Å²) < 4.78 is 5.27. The first kappa shape index (κ1) is 18.4. The molecule has 138 valence electrons. The van der Waals surface area contributed by atoms with Gasteiger partial charge in [0.15, 0.2) is 0 Å². The molecule has 6 nitrogen and oxygen atoms in total. The minimum Gasteiger partial charge on any atom is -0.495 e. The number of ether oxygens (including phenoxy) is 1. The minimum atomic E-state index is -0.325. The lowest BCUT2D eigenvalue weighted by Crippen LogP contribution is -2.16. The molecular formula is C21H22N4O2. The van der Waals surface area contributed by atoms with Crippen LogP contribution in [0.25, 0.3) is 0 Å². The highest BCUT2D eigenvalue weighted by Crippen LogP contribution is 2.24. The van der Waals surface area contributed by atoms with Gasteiger partial charge >= 0.3 is 0 Å². The van der Waals surface area contributed by atoms with Crippen LogP contribution in [0.3, 0.4) is 0 Å². The maximum absolute atomic E-state index is 12.7. The summed E-state index contributed by atoms with van der Waals surface area (Å²) in [5, 5.41) is 6.01. The van der Waals surface area contributed by atoms with Gasteiger partial charge in [0.25, 0.3) is 5.91 Å². The van der Waals surface area contributed by atoms with E-state index in [1.165, 1.54) is 0 Å². The fourth-order valence-corrected chi connectivity index (χ4v) is 2.85. The average molecular weight is 362 g/mol. The summed E-state index contributed by atoms with van der Waals surface area (Å²) in [5.41, 5.74) is 4.72. The van der Waals surface area contributed by atoms with Crippen molar-refractivity contribution in [1.82, 2.24) is 9.97 Å². The lowest BCUT2D eigenvalue weighted by molar-refractivity contribution is 0.102. The normalized spacial score (nSPS) is 10.4. The van der Waals surface area contributed by atoms with E-state index in [0.717, 1.165) is 16.8 Å². The van der Waals surface area contributed by atoms with Gasteiger partial charge in [-0.2, -0.15) is 0 Å². The zero-order valence-electron chi connectivity index (χ0n) is 15.8. The van der Waals surface area contributed by atoms with Crippen molar-refractivity contribution in [2.45, 2.75) is 20.8 Å². The van der Waals surface area contributed by atoms with Crippen LogP contribution in [0.1, 0.15) is 27.3 Å². The number of para-hydroxylation sites is 2. The summed E-state index contributed by atoms with van der Waals surface area (Å²) in [4.78, 5) is 21.4. The molecule has 0 saturated heterocycles. The summed E-state index contributed by atoms with van der Waals surface area (Å²) >= 11 is 0. The van der Waals surface area contributed by atoms with Crippen molar-refractivity contribution in [3.8, 4) is 5.75 Å². The van der Waals surface area contributed by atoms with Gasteiger partial charge < -0.3 is 15.4 Å². The first-order valence-electron chi connectivity index (χ1n) is 8.60. The Labute approximate surface area is 158 Å². The van der Waals surface area contributed by atoms with Gasteiger partial charge in [-0.25, -0.2) is 9.97 Å². The van der Waals surface area contributed by atoms with Crippen LogP contribution in [-0.4, -0.2) is 23.0 Å². The number of benzene rings is 2. The number of anilines is 3. The first-order chi connectivity index (χ1) is 12.9. The molecule has 2 N–H and O–H groups in total. The molecule has 0 aliphatic heterocycles. The van der Waals surface area contributed by atoms with Gasteiger partial charge in [0.1, 0.15) is 11.4 Å². The molecule has 0 bridgehead atoms. The van der Waals surface area contributed by atoms with Crippen LogP contribution in [-0.2, 0) is 0 Å².